The van der Waals surface area contributed by atoms with E-state index in [1.807, 2.05) is 12.1 Å². The second-order valence-electron chi connectivity index (χ2n) is 7.31. The van der Waals surface area contributed by atoms with Crippen LogP contribution in [0.5, 0.6) is 11.5 Å². The van der Waals surface area contributed by atoms with Crippen LogP contribution >= 0.6 is 11.6 Å². The molecule has 0 aliphatic heterocycles. The summed E-state index contributed by atoms with van der Waals surface area (Å²) in [5.41, 5.74) is 1.81. The summed E-state index contributed by atoms with van der Waals surface area (Å²) in [6.45, 7) is 1.15. The maximum Gasteiger partial charge on any atom is 0.339 e. The number of amides is 2. The number of aliphatic imine (C=N–C) groups is 1. The Labute approximate surface area is 213 Å². The molecule has 0 bridgehead atoms. The van der Waals surface area contributed by atoms with E-state index in [0.29, 0.717) is 41.9 Å². The van der Waals surface area contributed by atoms with Crippen molar-refractivity contribution in [1.29, 1.82) is 0 Å². The van der Waals surface area contributed by atoms with E-state index in [2.05, 4.69) is 25.9 Å². The highest BCUT2D eigenvalue weighted by atomic mass is 35.5. The van der Waals surface area contributed by atoms with Crippen LogP contribution in [0.3, 0.4) is 0 Å². The summed E-state index contributed by atoms with van der Waals surface area (Å²) >= 11 is 5.95. The number of benzene rings is 2. The van der Waals surface area contributed by atoms with Crippen molar-refractivity contribution >= 4 is 35.2 Å². The van der Waals surface area contributed by atoms with E-state index < -0.39 is 12.0 Å². The monoisotopic (exact) mass is 511 g/mol. The fraction of sp³-hybridized carbons (Fsp3) is 0.200. The van der Waals surface area contributed by atoms with E-state index >= 15 is 0 Å². The summed E-state index contributed by atoms with van der Waals surface area (Å²) in [5.74, 6) is 0.645. The van der Waals surface area contributed by atoms with E-state index in [0.717, 1.165) is 5.56 Å². The Morgan fingerprint density at radius 2 is 1.72 bits per heavy atom. The molecule has 11 heteroatoms. The standard InChI is InChI=1S/C25H26ClN5O5/c1-34-12-11-28-25(33)31-24(29-14-17-3-5-19(26)6-4-17)30-20-7-9-21(10-8-20)36-22-13-18(15-27-16-22)23(32)35-2/h3-10,13,15-16H,11-12,14H2,1-2H3,(H3,28,29,30,31,33). The topological polar surface area (TPSA) is 123 Å². The second kappa shape index (κ2) is 13.7. The normalized spacial score (nSPS) is 10.9. The number of aromatic nitrogens is 1. The van der Waals surface area contributed by atoms with Crippen molar-refractivity contribution in [3.05, 3.63) is 83.1 Å². The first-order valence-electron chi connectivity index (χ1n) is 10.9. The minimum atomic E-state index is -0.505. The molecule has 3 N–H and O–H groups in total. The fourth-order valence-corrected chi connectivity index (χ4v) is 3.00. The third kappa shape index (κ3) is 8.57. The van der Waals surface area contributed by atoms with Gasteiger partial charge in [0.25, 0.3) is 0 Å². The Kier molecular flexibility index (Phi) is 10.0. The molecule has 0 saturated heterocycles. The lowest BCUT2D eigenvalue weighted by molar-refractivity contribution is 0.0600. The van der Waals surface area contributed by atoms with E-state index in [1.54, 1.807) is 43.5 Å². The summed E-state index contributed by atoms with van der Waals surface area (Å²) in [5, 5.41) is 9.15. The largest absolute Gasteiger partial charge is 0.465 e. The number of ether oxygens (including phenoxy) is 3. The highest BCUT2D eigenvalue weighted by Crippen LogP contribution is 2.24. The maximum atomic E-state index is 12.3. The molecule has 0 fully saturated rings. The summed E-state index contributed by atoms with van der Waals surface area (Å²) in [6.07, 6.45) is 2.89. The lowest BCUT2D eigenvalue weighted by Crippen LogP contribution is -2.46. The number of hydrogen-bond donors (Lipinski definition) is 3. The first-order valence-corrected chi connectivity index (χ1v) is 11.3. The number of guanidine groups is 1. The van der Waals surface area contributed by atoms with Gasteiger partial charge in [0.1, 0.15) is 11.5 Å². The molecule has 0 unspecified atom stereocenters. The van der Waals surface area contributed by atoms with Crippen LogP contribution in [0.2, 0.25) is 5.02 Å². The van der Waals surface area contributed by atoms with Gasteiger partial charge in [-0.3, -0.25) is 10.3 Å². The highest BCUT2D eigenvalue weighted by Gasteiger charge is 2.09. The van der Waals surface area contributed by atoms with Gasteiger partial charge in [-0.15, -0.1) is 0 Å². The molecule has 0 radical (unpaired) electrons. The number of rotatable bonds is 9. The van der Waals surface area contributed by atoms with Crippen molar-refractivity contribution in [3.8, 4) is 11.5 Å². The van der Waals surface area contributed by atoms with E-state index in [-0.39, 0.29) is 11.5 Å². The van der Waals surface area contributed by atoms with E-state index in [9.17, 15) is 9.59 Å². The molecule has 2 amide bonds. The number of pyridine rings is 1. The number of carbonyl (C=O) groups is 2. The van der Waals surface area contributed by atoms with Crippen LogP contribution in [-0.4, -0.2) is 50.3 Å². The Morgan fingerprint density at radius 3 is 2.42 bits per heavy atom. The number of nitrogens with one attached hydrogen (secondary N) is 3. The quantitative estimate of drug-likeness (QED) is 0.171. The molecule has 3 rings (SSSR count). The van der Waals surface area contributed by atoms with Crippen molar-refractivity contribution in [1.82, 2.24) is 20.9 Å². The molecule has 0 spiro atoms. The number of urea groups is 1. The maximum absolute atomic E-state index is 12.3. The van der Waals surface area contributed by atoms with Gasteiger partial charge in [0.2, 0.25) is 5.96 Å². The van der Waals surface area contributed by atoms with Gasteiger partial charge in [-0.05, 0) is 48.0 Å². The van der Waals surface area contributed by atoms with Crippen LogP contribution in [0.15, 0.2) is 72.0 Å². The molecule has 1 aromatic heterocycles. The molecule has 188 valence electrons. The third-order valence-electron chi connectivity index (χ3n) is 4.64. The van der Waals surface area contributed by atoms with Crippen molar-refractivity contribution in [2.45, 2.75) is 6.54 Å². The minimum Gasteiger partial charge on any atom is -0.465 e. The smallest absolute Gasteiger partial charge is 0.339 e. The van der Waals surface area contributed by atoms with Gasteiger partial charge in [-0.25, -0.2) is 14.6 Å². The molecule has 2 aromatic carbocycles. The number of carbonyl (C=O) groups excluding carboxylic acids is 2. The first kappa shape index (κ1) is 26.5. The van der Waals surface area contributed by atoms with Gasteiger partial charge in [-0.2, -0.15) is 0 Å². The number of hydrogen-bond acceptors (Lipinski definition) is 7. The Bertz CT molecular complexity index is 1190. The molecule has 36 heavy (non-hydrogen) atoms. The zero-order chi connectivity index (χ0) is 25.8. The molecule has 3 aromatic rings. The summed E-state index contributed by atoms with van der Waals surface area (Å²) < 4.78 is 15.4. The molecule has 0 aliphatic carbocycles. The Balaban J connectivity index is 1.70. The van der Waals surface area contributed by atoms with Crippen LogP contribution < -0.4 is 20.7 Å². The molecular weight excluding hydrogens is 486 g/mol. The van der Waals surface area contributed by atoms with E-state index in [1.165, 1.54) is 25.6 Å². The Morgan fingerprint density at radius 1 is 0.972 bits per heavy atom. The minimum absolute atomic E-state index is 0.253. The molecule has 0 atom stereocenters. The summed E-state index contributed by atoms with van der Waals surface area (Å²) in [7, 11) is 2.85. The Hall–Kier alpha value is -4.15. The zero-order valence-corrected chi connectivity index (χ0v) is 20.5. The number of halogens is 1. The van der Waals surface area contributed by atoms with Gasteiger partial charge in [0, 0.05) is 31.4 Å². The fourth-order valence-electron chi connectivity index (χ4n) is 2.88. The molecule has 0 aliphatic rings. The predicted octanol–water partition coefficient (Wildman–Crippen LogP) is 4.04. The average Bonchev–Trinajstić information content (AvgIpc) is 2.89. The summed E-state index contributed by atoms with van der Waals surface area (Å²) in [4.78, 5) is 32.4. The van der Waals surface area contributed by atoms with Crippen LogP contribution in [0, 0.1) is 0 Å². The lowest BCUT2D eigenvalue weighted by Gasteiger charge is -2.13. The zero-order valence-electron chi connectivity index (χ0n) is 19.8. The number of nitrogens with zero attached hydrogens (tertiary/aromatic N) is 2. The van der Waals surface area contributed by atoms with Crippen LogP contribution in [0.25, 0.3) is 0 Å². The average molecular weight is 512 g/mol. The first-order chi connectivity index (χ1) is 17.5. The lowest BCUT2D eigenvalue weighted by atomic mass is 10.2. The number of esters is 1. The number of methoxy groups -OCH3 is 2. The van der Waals surface area contributed by atoms with Crippen molar-refractivity contribution in [2.75, 3.05) is 27.4 Å². The van der Waals surface area contributed by atoms with Gasteiger partial charge in [-0.1, -0.05) is 23.7 Å². The van der Waals surface area contributed by atoms with Crippen molar-refractivity contribution in [3.63, 3.8) is 0 Å². The molecular formula is C25H26ClN5O5. The van der Waals surface area contributed by atoms with Gasteiger partial charge in [0.15, 0.2) is 0 Å². The third-order valence-corrected chi connectivity index (χ3v) is 4.90. The summed E-state index contributed by atoms with van der Waals surface area (Å²) in [6, 6.07) is 15.3. The van der Waals surface area contributed by atoms with Crippen LogP contribution in [0.1, 0.15) is 15.9 Å². The second-order valence-corrected chi connectivity index (χ2v) is 7.75. The van der Waals surface area contributed by atoms with Gasteiger partial charge < -0.3 is 24.8 Å². The molecule has 0 saturated carbocycles. The molecule has 1 heterocycles. The van der Waals surface area contributed by atoms with Gasteiger partial charge >= 0.3 is 12.0 Å². The van der Waals surface area contributed by atoms with Crippen molar-refractivity contribution in [2.24, 2.45) is 4.99 Å². The molecule has 10 nitrogen and oxygen atoms in total. The van der Waals surface area contributed by atoms with E-state index in [4.69, 9.17) is 25.8 Å². The SMILES string of the molecule is COCCNC(=O)N/C(=N\c1ccc(Oc2cncc(C(=O)OC)c2)cc1)NCc1ccc(Cl)cc1. The van der Waals surface area contributed by atoms with Crippen molar-refractivity contribution < 1.29 is 23.8 Å². The van der Waals surface area contributed by atoms with Gasteiger partial charge in [0.05, 0.1) is 31.2 Å². The van der Waals surface area contributed by atoms with Crippen LogP contribution in [-0.2, 0) is 16.0 Å². The highest BCUT2D eigenvalue weighted by molar-refractivity contribution is 6.30. The predicted molar refractivity (Wildman–Crippen MR) is 136 cm³/mol. The van der Waals surface area contributed by atoms with Crippen LogP contribution in [0.4, 0.5) is 10.5 Å².